The van der Waals surface area contributed by atoms with Crippen LogP contribution in [0.2, 0.25) is 6.55 Å². The van der Waals surface area contributed by atoms with Gasteiger partial charge in [0.05, 0.1) is 5.92 Å². The van der Waals surface area contributed by atoms with Crippen LogP contribution in [0.15, 0.2) is 36.5 Å². The van der Waals surface area contributed by atoms with E-state index < -0.39 is 9.04 Å². The fourth-order valence-corrected chi connectivity index (χ4v) is 2.55. The van der Waals surface area contributed by atoms with Gasteiger partial charge in [0.25, 0.3) is 15.0 Å². The molecule has 0 aliphatic heterocycles. The van der Waals surface area contributed by atoms with Gasteiger partial charge in [0, 0.05) is 0 Å². The number of hydrogen-bond donors (Lipinski definition) is 0. The lowest BCUT2D eigenvalue weighted by atomic mass is 9.97. The Hall–Kier alpha value is -1.35. The Morgan fingerprint density at radius 3 is 2.37 bits per heavy atom. The molecule has 19 heavy (non-hydrogen) atoms. The highest BCUT2D eigenvalue weighted by molar-refractivity contribution is 6.57. The van der Waals surface area contributed by atoms with Gasteiger partial charge in [-0.2, -0.15) is 0 Å². The first-order chi connectivity index (χ1) is 8.93. The van der Waals surface area contributed by atoms with Crippen LogP contribution in [0.1, 0.15) is 37.8 Å². The van der Waals surface area contributed by atoms with Crippen LogP contribution < -0.4 is 0 Å². The largest absolute Gasteiger partial charge is 0.518 e. The average Bonchev–Trinajstić information content (AvgIpc) is 2.37. The van der Waals surface area contributed by atoms with Gasteiger partial charge in [-0.15, -0.1) is 6.58 Å². The van der Waals surface area contributed by atoms with Crippen LogP contribution >= 0.6 is 0 Å². The van der Waals surface area contributed by atoms with E-state index in [2.05, 4.69) is 32.6 Å². The van der Waals surface area contributed by atoms with Crippen LogP contribution in [-0.4, -0.2) is 15.0 Å². The van der Waals surface area contributed by atoms with Gasteiger partial charge in [-0.3, -0.25) is 4.79 Å². The predicted octanol–water partition coefficient (Wildman–Crippen LogP) is 3.61. The first-order valence-corrected chi connectivity index (χ1v) is 9.15. The van der Waals surface area contributed by atoms with Crippen molar-refractivity contribution >= 4 is 15.0 Å². The van der Waals surface area contributed by atoms with E-state index in [0.717, 1.165) is 12.0 Å². The van der Waals surface area contributed by atoms with E-state index in [1.54, 1.807) is 5.70 Å². The maximum absolute atomic E-state index is 11.9. The molecule has 0 aromatic heterocycles. The van der Waals surface area contributed by atoms with Gasteiger partial charge in [-0.05, 0) is 36.9 Å². The van der Waals surface area contributed by atoms with Crippen molar-refractivity contribution in [3.8, 4) is 0 Å². The summed E-state index contributed by atoms with van der Waals surface area (Å²) in [6.07, 6.45) is 1.07. The number of benzene rings is 1. The molecule has 1 rings (SSSR count). The fourth-order valence-electron chi connectivity index (χ4n) is 1.88. The lowest BCUT2D eigenvalue weighted by Gasteiger charge is -2.15. The molecule has 0 saturated carbocycles. The Labute approximate surface area is 118 Å². The zero-order valence-corrected chi connectivity index (χ0v) is 13.5. The summed E-state index contributed by atoms with van der Waals surface area (Å²) in [7, 11) is -1.53. The zero-order chi connectivity index (χ0) is 14.4. The van der Waals surface area contributed by atoms with Crippen molar-refractivity contribution in [1.82, 2.24) is 0 Å². The number of hydrogen-bond acceptors (Lipinski definition) is 2. The Kier molecular flexibility index (Phi) is 6.02. The number of rotatable bonds is 6. The molecule has 0 heterocycles. The minimum atomic E-state index is -1.53. The first kappa shape index (κ1) is 15.7. The molecule has 0 radical (unpaired) electrons. The molecular formula is C16H24O2Si. The minimum Gasteiger partial charge on any atom is -0.518 e. The van der Waals surface area contributed by atoms with Gasteiger partial charge < -0.3 is 4.43 Å². The van der Waals surface area contributed by atoms with Gasteiger partial charge >= 0.3 is 0 Å². The van der Waals surface area contributed by atoms with Crippen LogP contribution in [0.25, 0.3) is 0 Å². The van der Waals surface area contributed by atoms with E-state index in [0.29, 0.717) is 5.92 Å². The fraction of sp³-hybridized carbons (Fsp3) is 0.438. The second-order valence-corrected chi connectivity index (χ2v) is 7.56. The smallest absolute Gasteiger partial charge is 0.299 e. The molecule has 0 N–H and O–H groups in total. The topological polar surface area (TPSA) is 26.3 Å². The summed E-state index contributed by atoms with van der Waals surface area (Å²) >= 11 is 0. The van der Waals surface area contributed by atoms with E-state index >= 15 is 0 Å². The molecule has 2 atom stereocenters. The highest BCUT2D eigenvalue weighted by atomic mass is 28.3. The van der Waals surface area contributed by atoms with Crippen LogP contribution in [0.3, 0.4) is 0 Å². The van der Waals surface area contributed by atoms with E-state index in [4.69, 9.17) is 4.43 Å². The highest BCUT2D eigenvalue weighted by Gasteiger charge is 2.18. The summed E-state index contributed by atoms with van der Waals surface area (Å²) in [6, 6.07) is 8.27. The summed E-state index contributed by atoms with van der Waals surface area (Å²) in [6.45, 7) is 11.9. The van der Waals surface area contributed by atoms with Crippen molar-refractivity contribution in [3.05, 3.63) is 47.7 Å². The van der Waals surface area contributed by atoms with E-state index in [1.807, 2.05) is 25.6 Å². The minimum absolute atomic E-state index is 0.143. The summed E-state index contributed by atoms with van der Waals surface area (Å²) in [5.74, 6) is 0.298. The number of carbonyl (C=O) groups is 1. The van der Waals surface area contributed by atoms with Crippen molar-refractivity contribution < 1.29 is 9.22 Å². The monoisotopic (exact) mass is 276 g/mol. The molecule has 0 bridgehead atoms. The average molecular weight is 276 g/mol. The van der Waals surface area contributed by atoms with Crippen molar-refractivity contribution in [2.45, 2.75) is 39.7 Å². The first-order valence-electron chi connectivity index (χ1n) is 6.86. The van der Waals surface area contributed by atoms with Crippen molar-refractivity contribution in [3.63, 3.8) is 0 Å². The molecule has 104 valence electrons. The normalized spacial score (nSPS) is 13.9. The molecule has 3 heteroatoms. The summed E-state index contributed by atoms with van der Waals surface area (Å²) in [5.41, 5.74) is 4.09. The lowest BCUT2D eigenvalue weighted by Crippen LogP contribution is -2.21. The third-order valence-corrected chi connectivity index (χ3v) is 4.38. The Morgan fingerprint density at radius 2 is 1.89 bits per heavy atom. The quantitative estimate of drug-likeness (QED) is 0.742. The van der Waals surface area contributed by atoms with Gasteiger partial charge in [-0.25, -0.2) is 0 Å². The Morgan fingerprint density at radius 1 is 1.32 bits per heavy atom. The second-order valence-electron chi connectivity index (χ2n) is 5.44. The van der Waals surface area contributed by atoms with E-state index in [1.165, 1.54) is 5.56 Å². The standard InChI is InChI=1S/C16H24O2Si/c1-6-19(5)18-16(17)13(4)15-9-7-14(8-10-15)11-12(2)3/h6-10,12-13,19H,1,11H2,2-5H3. The van der Waals surface area contributed by atoms with Crippen LogP contribution in [-0.2, 0) is 15.6 Å². The molecule has 0 saturated heterocycles. The molecule has 2 nitrogen and oxygen atoms in total. The number of carbonyl (C=O) groups excluding carboxylic acids is 1. The van der Waals surface area contributed by atoms with E-state index in [-0.39, 0.29) is 11.9 Å². The third kappa shape index (κ3) is 5.03. The van der Waals surface area contributed by atoms with Crippen LogP contribution in [0.4, 0.5) is 0 Å². The van der Waals surface area contributed by atoms with Gasteiger partial charge in [-0.1, -0.05) is 43.8 Å². The molecule has 0 aliphatic rings. The SMILES string of the molecule is C=C[SiH](C)OC(=O)C(C)c1ccc(CC(C)C)cc1. The molecule has 0 amide bonds. The van der Waals surface area contributed by atoms with Crippen molar-refractivity contribution in [1.29, 1.82) is 0 Å². The summed E-state index contributed by atoms with van der Waals surface area (Å²) in [5, 5.41) is 0. The molecule has 0 aliphatic carbocycles. The van der Waals surface area contributed by atoms with Crippen molar-refractivity contribution in [2.75, 3.05) is 0 Å². The van der Waals surface area contributed by atoms with Crippen molar-refractivity contribution in [2.24, 2.45) is 5.92 Å². The maximum atomic E-state index is 11.9. The highest BCUT2D eigenvalue weighted by Crippen LogP contribution is 2.19. The van der Waals surface area contributed by atoms with E-state index in [9.17, 15) is 4.79 Å². The molecular weight excluding hydrogens is 252 g/mol. The van der Waals surface area contributed by atoms with Crippen LogP contribution in [0, 0.1) is 5.92 Å². The summed E-state index contributed by atoms with van der Waals surface area (Å²) in [4.78, 5) is 11.9. The molecule has 1 aromatic carbocycles. The van der Waals surface area contributed by atoms with Gasteiger partial charge in [0.1, 0.15) is 0 Å². The second kappa shape index (κ2) is 7.29. The maximum Gasteiger partial charge on any atom is 0.299 e. The molecule has 0 spiro atoms. The molecule has 2 unspecified atom stereocenters. The Bertz CT molecular complexity index is 423. The Balaban J connectivity index is 2.69. The molecule has 1 aromatic rings. The predicted molar refractivity (Wildman–Crippen MR) is 82.7 cm³/mol. The summed E-state index contributed by atoms with van der Waals surface area (Å²) < 4.78 is 5.39. The molecule has 0 fully saturated rings. The zero-order valence-electron chi connectivity index (χ0n) is 12.3. The van der Waals surface area contributed by atoms with Gasteiger partial charge in [0.2, 0.25) is 0 Å². The lowest BCUT2D eigenvalue weighted by molar-refractivity contribution is -0.135. The van der Waals surface area contributed by atoms with Crippen LogP contribution in [0.5, 0.6) is 0 Å². The van der Waals surface area contributed by atoms with Gasteiger partial charge in [0.15, 0.2) is 0 Å². The third-order valence-electron chi connectivity index (χ3n) is 3.11.